The van der Waals surface area contributed by atoms with Gasteiger partial charge in [0.25, 0.3) is 0 Å². The number of hydrogen-bond acceptors (Lipinski definition) is 4. The SMILES string of the molecule is Cc1cccc(CC(=O)N2CCC3(CC2)CC(Oc2ccccn2)CCO3)c1. The Balaban J connectivity index is 1.31. The first-order chi connectivity index (χ1) is 13.6. The molecule has 2 aliphatic rings. The van der Waals surface area contributed by atoms with Gasteiger partial charge >= 0.3 is 0 Å². The van der Waals surface area contributed by atoms with Crippen molar-refractivity contribution in [3.05, 3.63) is 59.8 Å². The van der Waals surface area contributed by atoms with E-state index >= 15 is 0 Å². The lowest BCUT2D eigenvalue weighted by molar-refractivity contribution is -0.151. The molecule has 0 bridgehead atoms. The normalized spacial score (nSPS) is 21.5. The van der Waals surface area contributed by atoms with Crippen LogP contribution in [0.4, 0.5) is 0 Å². The van der Waals surface area contributed by atoms with Gasteiger partial charge in [-0.1, -0.05) is 35.9 Å². The van der Waals surface area contributed by atoms with Crippen LogP contribution in [0, 0.1) is 6.92 Å². The number of piperidine rings is 1. The summed E-state index contributed by atoms with van der Waals surface area (Å²) in [5.74, 6) is 0.882. The largest absolute Gasteiger partial charge is 0.474 e. The smallest absolute Gasteiger partial charge is 0.226 e. The monoisotopic (exact) mass is 380 g/mol. The van der Waals surface area contributed by atoms with Gasteiger partial charge in [0.2, 0.25) is 11.8 Å². The summed E-state index contributed by atoms with van der Waals surface area (Å²) in [6.45, 7) is 4.26. The van der Waals surface area contributed by atoms with Crippen LogP contribution in [0.1, 0.15) is 36.8 Å². The van der Waals surface area contributed by atoms with E-state index in [-0.39, 0.29) is 17.6 Å². The fraction of sp³-hybridized carbons (Fsp3) is 0.478. The molecule has 28 heavy (non-hydrogen) atoms. The van der Waals surface area contributed by atoms with Gasteiger partial charge in [0.15, 0.2) is 0 Å². The molecule has 0 saturated carbocycles. The van der Waals surface area contributed by atoms with Gasteiger partial charge in [0.1, 0.15) is 6.10 Å². The lowest BCUT2D eigenvalue weighted by atomic mass is 9.83. The van der Waals surface area contributed by atoms with Crippen molar-refractivity contribution in [3.63, 3.8) is 0 Å². The molecule has 148 valence electrons. The fourth-order valence-corrected chi connectivity index (χ4v) is 4.29. The summed E-state index contributed by atoms with van der Waals surface area (Å²) in [5, 5.41) is 0. The van der Waals surface area contributed by atoms with Crippen molar-refractivity contribution in [3.8, 4) is 5.88 Å². The van der Waals surface area contributed by atoms with Crippen molar-refractivity contribution >= 4 is 5.91 Å². The Labute approximate surface area is 166 Å². The molecular weight excluding hydrogens is 352 g/mol. The second-order valence-corrected chi connectivity index (χ2v) is 7.98. The minimum atomic E-state index is -0.169. The predicted octanol–water partition coefficient (Wildman–Crippen LogP) is 3.55. The van der Waals surface area contributed by atoms with E-state index in [2.05, 4.69) is 24.0 Å². The molecule has 1 aromatic carbocycles. The second kappa shape index (κ2) is 8.31. The molecule has 0 aliphatic carbocycles. The van der Waals surface area contributed by atoms with Gasteiger partial charge in [0, 0.05) is 38.2 Å². The Bertz CT molecular complexity index is 801. The number of benzene rings is 1. The van der Waals surface area contributed by atoms with E-state index in [9.17, 15) is 4.79 Å². The van der Waals surface area contributed by atoms with Gasteiger partial charge in [-0.15, -0.1) is 0 Å². The molecule has 4 rings (SSSR count). The molecule has 1 amide bonds. The Morgan fingerprint density at radius 2 is 2.11 bits per heavy atom. The number of amides is 1. The van der Waals surface area contributed by atoms with Crippen molar-refractivity contribution in [1.29, 1.82) is 0 Å². The predicted molar refractivity (Wildman–Crippen MR) is 107 cm³/mol. The van der Waals surface area contributed by atoms with E-state index in [0.717, 1.165) is 44.3 Å². The quantitative estimate of drug-likeness (QED) is 0.814. The number of carbonyl (C=O) groups excluding carboxylic acids is 1. The van der Waals surface area contributed by atoms with Crippen LogP contribution < -0.4 is 4.74 Å². The standard InChI is InChI=1S/C23H28N2O3/c1-18-5-4-6-19(15-18)16-22(26)25-12-9-23(10-13-25)17-20(8-14-27-23)28-21-7-2-3-11-24-21/h2-7,11,15,20H,8-10,12-14,16-17H2,1H3. The molecule has 2 fully saturated rings. The molecule has 2 aliphatic heterocycles. The molecule has 1 aromatic heterocycles. The van der Waals surface area contributed by atoms with Crippen LogP contribution in [-0.4, -0.2) is 47.2 Å². The Morgan fingerprint density at radius 1 is 1.25 bits per heavy atom. The molecule has 1 unspecified atom stereocenters. The molecule has 0 radical (unpaired) electrons. The van der Waals surface area contributed by atoms with Crippen LogP contribution in [0.2, 0.25) is 0 Å². The Morgan fingerprint density at radius 3 is 2.86 bits per heavy atom. The zero-order chi connectivity index (χ0) is 19.4. The maximum absolute atomic E-state index is 12.7. The summed E-state index contributed by atoms with van der Waals surface area (Å²) < 4.78 is 12.3. The van der Waals surface area contributed by atoms with Crippen molar-refractivity contribution < 1.29 is 14.3 Å². The number of ether oxygens (including phenoxy) is 2. The molecule has 2 aromatic rings. The van der Waals surface area contributed by atoms with Crippen molar-refractivity contribution in [2.24, 2.45) is 0 Å². The van der Waals surface area contributed by atoms with Crippen LogP contribution in [0.5, 0.6) is 5.88 Å². The lowest BCUT2D eigenvalue weighted by Gasteiger charge is -2.46. The molecule has 0 N–H and O–H groups in total. The topological polar surface area (TPSA) is 51.7 Å². The molecule has 1 atom stereocenters. The van der Waals surface area contributed by atoms with Crippen LogP contribution >= 0.6 is 0 Å². The first kappa shape index (κ1) is 18.9. The average Bonchev–Trinajstić information content (AvgIpc) is 2.69. The van der Waals surface area contributed by atoms with E-state index in [1.54, 1.807) is 6.20 Å². The highest BCUT2D eigenvalue weighted by molar-refractivity contribution is 5.79. The number of pyridine rings is 1. The van der Waals surface area contributed by atoms with Crippen LogP contribution in [-0.2, 0) is 16.0 Å². The van der Waals surface area contributed by atoms with Gasteiger partial charge in [0.05, 0.1) is 18.6 Å². The van der Waals surface area contributed by atoms with E-state index < -0.39 is 0 Å². The number of likely N-dealkylation sites (tertiary alicyclic amines) is 1. The van der Waals surface area contributed by atoms with Gasteiger partial charge < -0.3 is 14.4 Å². The van der Waals surface area contributed by atoms with Crippen LogP contribution in [0.3, 0.4) is 0 Å². The van der Waals surface area contributed by atoms with Crippen LogP contribution in [0.15, 0.2) is 48.7 Å². The fourth-order valence-electron chi connectivity index (χ4n) is 4.29. The summed E-state index contributed by atoms with van der Waals surface area (Å²) in [5.41, 5.74) is 2.11. The highest BCUT2D eigenvalue weighted by Gasteiger charge is 2.42. The van der Waals surface area contributed by atoms with Gasteiger partial charge in [-0.25, -0.2) is 4.98 Å². The zero-order valence-electron chi connectivity index (χ0n) is 16.5. The minimum Gasteiger partial charge on any atom is -0.474 e. The average molecular weight is 380 g/mol. The van der Waals surface area contributed by atoms with Crippen molar-refractivity contribution in [2.45, 2.75) is 50.7 Å². The van der Waals surface area contributed by atoms with Crippen molar-refractivity contribution in [1.82, 2.24) is 9.88 Å². The number of carbonyl (C=O) groups is 1. The Kier molecular flexibility index (Phi) is 5.62. The maximum Gasteiger partial charge on any atom is 0.226 e. The number of aryl methyl sites for hydroxylation is 1. The molecule has 3 heterocycles. The first-order valence-electron chi connectivity index (χ1n) is 10.2. The highest BCUT2D eigenvalue weighted by atomic mass is 16.5. The lowest BCUT2D eigenvalue weighted by Crippen LogP contribution is -2.52. The van der Waals surface area contributed by atoms with E-state index in [1.807, 2.05) is 35.2 Å². The van der Waals surface area contributed by atoms with E-state index in [4.69, 9.17) is 9.47 Å². The third kappa shape index (κ3) is 4.53. The number of aromatic nitrogens is 1. The molecule has 1 spiro atoms. The second-order valence-electron chi connectivity index (χ2n) is 7.98. The maximum atomic E-state index is 12.7. The van der Waals surface area contributed by atoms with E-state index in [1.165, 1.54) is 5.56 Å². The highest BCUT2D eigenvalue weighted by Crippen LogP contribution is 2.36. The number of rotatable bonds is 4. The van der Waals surface area contributed by atoms with Gasteiger partial charge in [-0.3, -0.25) is 4.79 Å². The zero-order valence-corrected chi connectivity index (χ0v) is 16.5. The molecule has 2 saturated heterocycles. The molecular formula is C23H28N2O3. The summed E-state index contributed by atoms with van der Waals surface area (Å²) in [6.07, 6.45) is 5.84. The van der Waals surface area contributed by atoms with Gasteiger partial charge in [-0.05, 0) is 31.4 Å². The molecule has 5 nitrogen and oxygen atoms in total. The Hall–Kier alpha value is -2.40. The first-order valence-corrected chi connectivity index (χ1v) is 10.2. The summed E-state index contributed by atoms with van der Waals surface area (Å²) >= 11 is 0. The summed E-state index contributed by atoms with van der Waals surface area (Å²) in [4.78, 5) is 19.0. The van der Waals surface area contributed by atoms with Gasteiger partial charge in [-0.2, -0.15) is 0 Å². The number of hydrogen-bond donors (Lipinski definition) is 0. The summed E-state index contributed by atoms with van der Waals surface area (Å²) in [7, 11) is 0. The van der Waals surface area contributed by atoms with E-state index in [0.29, 0.717) is 18.9 Å². The summed E-state index contributed by atoms with van der Waals surface area (Å²) in [6, 6.07) is 13.9. The molecule has 5 heteroatoms. The minimum absolute atomic E-state index is 0.123. The third-order valence-corrected chi connectivity index (χ3v) is 5.84. The van der Waals surface area contributed by atoms with Crippen LogP contribution in [0.25, 0.3) is 0 Å². The third-order valence-electron chi connectivity index (χ3n) is 5.84. The van der Waals surface area contributed by atoms with Crippen molar-refractivity contribution in [2.75, 3.05) is 19.7 Å². The number of nitrogens with zero attached hydrogens (tertiary/aromatic N) is 2.